The van der Waals surface area contributed by atoms with E-state index < -0.39 is 0 Å². The average molecular weight is 350 g/mol. The molecule has 0 bridgehead atoms. The van der Waals surface area contributed by atoms with Gasteiger partial charge in [-0.3, -0.25) is 4.90 Å². The molecule has 2 aromatic heterocycles. The Hall–Kier alpha value is -2.80. The van der Waals surface area contributed by atoms with Crippen LogP contribution in [0.25, 0.3) is 10.9 Å². The Morgan fingerprint density at radius 3 is 2.50 bits per heavy atom. The second-order valence-electron chi connectivity index (χ2n) is 6.49. The Balaban J connectivity index is 1.44. The zero-order chi connectivity index (χ0) is 17.9. The summed E-state index contributed by atoms with van der Waals surface area (Å²) in [6, 6.07) is 6.28. The number of benzene rings is 1. The summed E-state index contributed by atoms with van der Waals surface area (Å²) in [5, 5.41) is 0.951. The highest BCUT2D eigenvalue weighted by Gasteiger charge is 2.18. The number of aromatic nitrogens is 4. The maximum absolute atomic E-state index is 5.37. The van der Waals surface area contributed by atoms with Crippen molar-refractivity contribution in [3.8, 4) is 5.88 Å². The first-order valence-electron chi connectivity index (χ1n) is 8.76. The van der Waals surface area contributed by atoms with Gasteiger partial charge in [0.15, 0.2) is 0 Å². The SMILES string of the molecule is COc1ncnc2ccc(N3CCN(Cc4cnc(C)nc4)CC3)cc12. The Bertz CT molecular complexity index is 890. The molecule has 3 aromatic rings. The molecule has 4 rings (SSSR count). The lowest BCUT2D eigenvalue weighted by Gasteiger charge is -2.36. The minimum absolute atomic E-state index is 0.620. The van der Waals surface area contributed by atoms with E-state index >= 15 is 0 Å². The van der Waals surface area contributed by atoms with Crippen LogP contribution in [-0.2, 0) is 6.54 Å². The standard InChI is InChI=1S/C19H22N6O/c1-14-20-10-15(11-21-14)12-24-5-7-25(8-6-24)16-3-4-18-17(9-16)19(26-2)23-13-22-18/h3-4,9-11,13H,5-8,12H2,1-2H3. The monoisotopic (exact) mass is 350 g/mol. The summed E-state index contributed by atoms with van der Waals surface area (Å²) in [7, 11) is 1.64. The van der Waals surface area contributed by atoms with Gasteiger partial charge < -0.3 is 9.64 Å². The summed E-state index contributed by atoms with van der Waals surface area (Å²) in [5.41, 5.74) is 3.25. The zero-order valence-corrected chi connectivity index (χ0v) is 15.1. The second-order valence-corrected chi connectivity index (χ2v) is 6.49. The van der Waals surface area contributed by atoms with Crippen LogP contribution >= 0.6 is 0 Å². The third-order valence-electron chi connectivity index (χ3n) is 4.75. The third kappa shape index (κ3) is 3.43. The van der Waals surface area contributed by atoms with Crippen LogP contribution in [0.15, 0.2) is 36.9 Å². The van der Waals surface area contributed by atoms with Crippen LogP contribution in [0.1, 0.15) is 11.4 Å². The third-order valence-corrected chi connectivity index (χ3v) is 4.75. The van der Waals surface area contributed by atoms with Gasteiger partial charge in [-0.25, -0.2) is 19.9 Å². The first-order chi connectivity index (χ1) is 12.7. The maximum atomic E-state index is 5.37. The summed E-state index contributed by atoms with van der Waals surface area (Å²) >= 11 is 0. The minimum Gasteiger partial charge on any atom is -0.480 e. The Morgan fingerprint density at radius 2 is 1.77 bits per heavy atom. The summed E-state index contributed by atoms with van der Waals surface area (Å²) in [6.45, 7) is 6.78. The van der Waals surface area contributed by atoms with Crippen molar-refractivity contribution in [3.05, 3.63) is 48.3 Å². The topological polar surface area (TPSA) is 67.3 Å². The molecule has 0 spiro atoms. The fourth-order valence-electron chi connectivity index (χ4n) is 3.30. The van der Waals surface area contributed by atoms with Crippen LogP contribution in [0.2, 0.25) is 0 Å². The van der Waals surface area contributed by atoms with E-state index in [1.54, 1.807) is 7.11 Å². The molecule has 26 heavy (non-hydrogen) atoms. The van der Waals surface area contributed by atoms with Gasteiger partial charge in [0.1, 0.15) is 12.2 Å². The van der Waals surface area contributed by atoms with Crippen molar-refractivity contribution in [3.63, 3.8) is 0 Å². The molecule has 1 aliphatic rings. The lowest BCUT2D eigenvalue weighted by Crippen LogP contribution is -2.46. The minimum atomic E-state index is 0.620. The molecule has 0 unspecified atom stereocenters. The molecule has 0 saturated carbocycles. The highest BCUT2D eigenvalue weighted by molar-refractivity contribution is 5.86. The maximum Gasteiger partial charge on any atom is 0.224 e. The molecular weight excluding hydrogens is 328 g/mol. The first kappa shape index (κ1) is 16.7. The van der Waals surface area contributed by atoms with E-state index in [-0.39, 0.29) is 0 Å². The van der Waals surface area contributed by atoms with Crippen molar-refractivity contribution in [2.75, 3.05) is 38.2 Å². The molecule has 1 fully saturated rings. The smallest absolute Gasteiger partial charge is 0.224 e. The van der Waals surface area contributed by atoms with Crippen LogP contribution in [0.5, 0.6) is 5.88 Å². The van der Waals surface area contributed by atoms with Crippen LogP contribution in [0.3, 0.4) is 0 Å². The second kappa shape index (κ2) is 7.21. The molecule has 1 aliphatic heterocycles. The quantitative estimate of drug-likeness (QED) is 0.713. The highest BCUT2D eigenvalue weighted by Crippen LogP contribution is 2.27. The predicted octanol–water partition coefficient (Wildman–Crippen LogP) is 2.06. The van der Waals surface area contributed by atoms with Gasteiger partial charge in [-0.2, -0.15) is 0 Å². The molecule has 0 amide bonds. The molecule has 1 saturated heterocycles. The fraction of sp³-hybridized carbons (Fsp3) is 0.368. The van der Waals surface area contributed by atoms with Crippen molar-refractivity contribution >= 4 is 16.6 Å². The Kier molecular flexibility index (Phi) is 4.62. The number of nitrogens with zero attached hydrogens (tertiary/aromatic N) is 6. The number of methoxy groups -OCH3 is 1. The van der Waals surface area contributed by atoms with Crippen molar-refractivity contribution in [2.24, 2.45) is 0 Å². The van der Waals surface area contributed by atoms with Crippen molar-refractivity contribution < 1.29 is 4.74 Å². The van der Waals surface area contributed by atoms with E-state index in [1.165, 1.54) is 12.0 Å². The normalized spacial score (nSPS) is 15.4. The molecule has 1 aromatic carbocycles. The lowest BCUT2D eigenvalue weighted by molar-refractivity contribution is 0.249. The van der Waals surface area contributed by atoms with E-state index in [4.69, 9.17) is 4.74 Å². The molecule has 7 nitrogen and oxygen atoms in total. The molecule has 0 radical (unpaired) electrons. The first-order valence-corrected chi connectivity index (χ1v) is 8.76. The molecular formula is C19H22N6O. The number of fused-ring (bicyclic) bond motifs is 1. The lowest BCUT2D eigenvalue weighted by atomic mass is 10.1. The van der Waals surface area contributed by atoms with Gasteiger partial charge in [-0.05, 0) is 25.1 Å². The van der Waals surface area contributed by atoms with E-state index in [0.29, 0.717) is 5.88 Å². The molecule has 0 aliphatic carbocycles. The van der Waals surface area contributed by atoms with Crippen LogP contribution < -0.4 is 9.64 Å². The summed E-state index contributed by atoms with van der Waals surface area (Å²) in [4.78, 5) is 21.9. The van der Waals surface area contributed by atoms with Crippen LogP contribution in [0, 0.1) is 6.92 Å². The van der Waals surface area contributed by atoms with E-state index in [2.05, 4.69) is 41.9 Å². The zero-order valence-electron chi connectivity index (χ0n) is 15.1. The summed E-state index contributed by atoms with van der Waals surface area (Å²) < 4.78 is 5.37. The van der Waals surface area contributed by atoms with Crippen LogP contribution in [0.4, 0.5) is 5.69 Å². The number of aryl methyl sites for hydroxylation is 1. The molecule has 0 atom stereocenters. The number of hydrogen-bond donors (Lipinski definition) is 0. The molecule has 134 valence electrons. The van der Waals surface area contributed by atoms with Gasteiger partial charge in [0.05, 0.1) is 18.0 Å². The van der Waals surface area contributed by atoms with Gasteiger partial charge in [0, 0.05) is 56.4 Å². The highest BCUT2D eigenvalue weighted by atomic mass is 16.5. The largest absolute Gasteiger partial charge is 0.480 e. The Labute approximate surface area is 152 Å². The van der Waals surface area contributed by atoms with E-state index in [9.17, 15) is 0 Å². The number of piperazine rings is 1. The number of anilines is 1. The van der Waals surface area contributed by atoms with Gasteiger partial charge >= 0.3 is 0 Å². The van der Waals surface area contributed by atoms with Crippen molar-refractivity contribution in [2.45, 2.75) is 13.5 Å². The van der Waals surface area contributed by atoms with Crippen molar-refractivity contribution in [1.82, 2.24) is 24.8 Å². The molecule has 0 N–H and O–H groups in total. The summed E-state index contributed by atoms with van der Waals surface area (Å²) in [6.07, 6.45) is 5.38. The predicted molar refractivity (Wildman–Crippen MR) is 100 cm³/mol. The van der Waals surface area contributed by atoms with Gasteiger partial charge in [-0.1, -0.05) is 0 Å². The van der Waals surface area contributed by atoms with E-state index in [1.807, 2.05) is 25.4 Å². The molecule has 3 heterocycles. The van der Waals surface area contributed by atoms with E-state index in [0.717, 1.165) is 55.0 Å². The average Bonchev–Trinajstić information content (AvgIpc) is 2.69. The van der Waals surface area contributed by atoms with Crippen molar-refractivity contribution in [1.29, 1.82) is 0 Å². The number of hydrogen-bond acceptors (Lipinski definition) is 7. The fourth-order valence-corrected chi connectivity index (χ4v) is 3.30. The number of rotatable bonds is 4. The molecule has 7 heteroatoms. The summed E-state index contributed by atoms with van der Waals surface area (Å²) in [5.74, 6) is 1.43. The van der Waals surface area contributed by atoms with Gasteiger partial charge in [-0.15, -0.1) is 0 Å². The number of ether oxygens (including phenoxy) is 1. The van der Waals surface area contributed by atoms with Crippen LogP contribution in [-0.4, -0.2) is 58.1 Å². The van der Waals surface area contributed by atoms with Gasteiger partial charge in [0.2, 0.25) is 5.88 Å². The van der Waals surface area contributed by atoms with Gasteiger partial charge in [0.25, 0.3) is 0 Å². The Morgan fingerprint density at radius 1 is 1.00 bits per heavy atom.